The van der Waals surface area contributed by atoms with E-state index in [4.69, 9.17) is 4.74 Å². The van der Waals surface area contributed by atoms with Gasteiger partial charge in [0, 0.05) is 32.1 Å². The lowest BCUT2D eigenvalue weighted by Gasteiger charge is -2.20. The molecule has 0 aliphatic heterocycles. The molecule has 2 rings (SSSR count). The van der Waals surface area contributed by atoms with Gasteiger partial charge in [0.2, 0.25) is 0 Å². The molecular formula is C20H31FN4O2. The molecule has 1 aliphatic carbocycles. The first-order chi connectivity index (χ1) is 12.7. The van der Waals surface area contributed by atoms with Crippen molar-refractivity contribution in [2.45, 2.75) is 51.0 Å². The second-order valence-electron chi connectivity index (χ2n) is 7.92. The molecule has 1 amide bonds. The van der Waals surface area contributed by atoms with E-state index >= 15 is 0 Å². The fraction of sp³-hybridized carbons (Fsp3) is 0.600. The maximum Gasteiger partial charge on any atom is 0.407 e. The predicted molar refractivity (Wildman–Crippen MR) is 106 cm³/mol. The lowest BCUT2D eigenvalue weighted by atomic mass is 9.96. The molecule has 1 fully saturated rings. The summed E-state index contributed by atoms with van der Waals surface area (Å²) in [7, 11) is 1.73. The Morgan fingerprint density at radius 2 is 1.78 bits per heavy atom. The highest BCUT2D eigenvalue weighted by molar-refractivity contribution is 5.79. The first kappa shape index (κ1) is 21.0. The number of carbonyl (C=O) groups is 1. The number of carbonyl (C=O) groups excluding carboxylic acids is 1. The smallest absolute Gasteiger partial charge is 0.407 e. The molecule has 0 saturated heterocycles. The number of hydrogen-bond donors (Lipinski definition) is 3. The van der Waals surface area contributed by atoms with Crippen LogP contribution in [0.25, 0.3) is 0 Å². The number of ether oxygens (including phenoxy) is 1. The molecule has 0 spiro atoms. The number of benzene rings is 1. The maximum absolute atomic E-state index is 13.1. The molecule has 1 aromatic rings. The standard InChI is InChI=1S/C20H31FN4O2/c1-19(2,3)27-18(26)24-13-5-12-23-17(22-4)25-14-20(10-11-20)15-6-8-16(21)9-7-15/h6-9H,5,10-14H2,1-4H3,(H,24,26)(H2,22,23,25). The van der Waals surface area contributed by atoms with Gasteiger partial charge >= 0.3 is 6.09 Å². The lowest BCUT2D eigenvalue weighted by molar-refractivity contribution is 0.0527. The van der Waals surface area contributed by atoms with E-state index in [0.717, 1.165) is 37.3 Å². The summed E-state index contributed by atoms with van der Waals surface area (Å²) in [6, 6.07) is 6.76. The quantitative estimate of drug-likeness (QED) is 0.387. The number of amides is 1. The molecule has 1 saturated carbocycles. The third kappa shape index (κ3) is 7.07. The van der Waals surface area contributed by atoms with Gasteiger partial charge in [0.1, 0.15) is 11.4 Å². The molecular weight excluding hydrogens is 347 g/mol. The monoisotopic (exact) mass is 378 g/mol. The van der Waals surface area contributed by atoms with Crippen molar-refractivity contribution in [3.8, 4) is 0 Å². The molecule has 150 valence electrons. The van der Waals surface area contributed by atoms with Crippen LogP contribution in [0.3, 0.4) is 0 Å². The summed E-state index contributed by atoms with van der Waals surface area (Å²) in [5.74, 6) is 0.514. The molecule has 0 radical (unpaired) electrons. The zero-order chi connectivity index (χ0) is 19.9. The molecule has 0 bridgehead atoms. The SMILES string of the molecule is CN=C(NCCCNC(=O)OC(C)(C)C)NCC1(c2ccc(F)cc2)CC1. The topological polar surface area (TPSA) is 74.8 Å². The highest BCUT2D eigenvalue weighted by atomic mass is 19.1. The van der Waals surface area contributed by atoms with E-state index in [2.05, 4.69) is 20.9 Å². The van der Waals surface area contributed by atoms with Gasteiger partial charge < -0.3 is 20.7 Å². The number of rotatable bonds is 7. The molecule has 0 atom stereocenters. The maximum atomic E-state index is 13.1. The number of nitrogens with one attached hydrogen (secondary N) is 3. The summed E-state index contributed by atoms with van der Waals surface area (Å²) in [6.45, 7) is 7.47. The molecule has 0 aromatic heterocycles. The number of guanidine groups is 1. The number of nitrogens with zero attached hydrogens (tertiary/aromatic N) is 1. The number of halogens is 1. The molecule has 1 aromatic carbocycles. The summed E-state index contributed by atoms with van der Waals surface area (Å²) in [4.78, 5) is 15.8. The zero-order valence-electron chi connectivity index (χ0n) is 16.7. The van der Waals surface area contributed by atoms with Crippen LogP contribution >= 0.6 is 0 Å². The lowest BCUT2D eigenvalue weighted by Crippen LogP contribution is -2.42. The van der Waals surface area contributed by atoms with Gasteiger partial charge in [-0.15, -0.1) is 0 Å². The van der Waals surface area contributed by atoms with Crippen molar-refractivity contribution in [2.75, 3.05) is 26.7 Å². The highest BCUT2D eigenvalue weighted by Crippen LogP contribution is 2.47. The Labute approximate surface area is 161 Å². The predicted octanol–water partition coefficient (Wildman–Crippen LogP) is 2.94. The van der Waals surface area contributed by atoms with E-state index in [-0.39, 0.29) is 11.2 Å². The van der Waals surface area contributed by atoms with Crippen LogP contribution in [0.2, 0.25) is 0 Å². The van der Waals surface area contributed by atoms with Crippen molar-refractivity contribution < 1.29 is 13.9 Å². The van der Waals surface area contributed by atoms with Crippen LogP contribution in [0.5, 0.6) is 0 Å². The van der Waals surface area contributed by atoms with E-state index in [9.17, 15) is 9.18 Å². The molecule has 7 heteroatoms. The van der Waals surface area contributed by atoms with Crippen LogP contribution in [0.4, 0.5) is 9.18 Å². The van der Waals surface area contributed by atoms with E-state index in [1.807, 2.05) is 32.9 Å². The molecule has 1 aliphatic rings. The van der Waals surface area contributed by atoms with Crippen LogP contribution in [0, 0.1) is 5.82 Å². The van der Waals surface area contributed by atoms with Crippen molar-refractivity contribution in [3.63, 3.8) is 0 Å². The van der Waals surface area contributed by atoms with Gasteiger partial charge in [0.25, 0.3) is 0 Å². The van der Waals surface area contributed by atoms with Crippen molar-refractivity contribution in [1.82, 2.24) is 16.0 Å². The third-order valence-electron chi connectivity index (χ3n) is 4.44. The summed E-state index contributed by atoms with van der Waals surface area (Å²) in [5, 5.41) is 9.32. The Bertz CT molecular complexity index is 649. The van der Waals surface area contributed by atoms with Gasteiger partial charge in [0.05, 0.1) is 0 Å². The summed E-state index contributed by atoms with van der Waals surface area (Å²) < 4.78 is 18.3. The van der Waals surface area contributed by atoms with E-state index < -0.39 is 11.7 Å². The Kier molecular flexibility index (Phi) is 7.05. The van der Waals surface area contributed by atoms with Gasteiger partial charge in [-0.1, -0.05) is 12.1 Å². The van der Waals surface area contributed by atoms with Gasteiger partial charge in [-0.2, -0.15) is 0 Å². The van der Waals surface area contributed by atoms with Gasteiger partial charge in [-0.05, 0) is 57.7 Å². The summed E-state index contributed by atoms with van der Waals surface area (Å²) in [6.07, 6.45) is 2.52. The van der Waals surface area contributed by atoms with Crippen LogP contribution in [-0.2, 0) is 10.2 Å². The molecule has 27 heavy (non-hydrogen) atoms. The molecule has 6 nitrogen and oxygen atoms in total. The van der Waals surface area contributed by atoms with E-state index in [1.54, 1.807) is 7.05 Å². The first-order valence-electron chi connectivity index (χ1n) is 9.41. The van der Waals surface area contributed by atoms with Gasteiger partial charge in [-0.3, -0.25) is 4.99 Å². The zero-order valence-corrected chi connectivity index (χ0v) is 16.7. The fourth-order valence-corrected chi connectivity index (χ4v) is 2.80. The van der Waals surface area contributed by atoms with Crippen LogP contribution < -0.4 is 16.0 Å². The minimum atomic E-state index is -0.489. The summed E-state index contributed by atoms with van der Waals surface area (Å²) >= 11 is 0. The van der Waals surface area contributed by atoms with E-state index in [0.29, 0.717) is 13.1 Å². The first-order valence-corrected chi connectivity index (χ1v) is 9.41. The van der Waals surface area contributed by atoms with Gasteiger partial charge in [-0.25, -0.2) is 9.18 Å². The van der Waals surface area contributed by atoms with Crippen molar-refractivity contribution >= 4 is 12.1 Å². The Morgan fingerprint density at radius 1 is 1.15 bits per heavy atom. The van der Waals surface area contributed by atoms with Crippen molar-refractivity contribution in [1.29, 1.82) is 0 Å². The average molecular weight is 378 g/mol. The molecule has 0 unspecified atom stereocenters. The minimum Gasteiger partial charge on any atom is -0.444 e. The van der Waals surface area contributed by atoms with Crippen LogP contribution in [-0.4, -0.2) is 44.3 Å². The Balaban J connectivity index is 1.66. The van der Waals surface area contributed by atoms with Crippen molar-refractivity contribution in [3.05, 3.63) is 35.6 Å². The second kappa shape index (κ2) is 9.06. The number of alkyl carbamates (subject to hydrolysis) is 1. The Morgan fingerprint density at radius 3 is 2.33 bits per heavy atom. The normalized spacial score (nSPS) is 15.8. The van der Waals surface area contributed by atoms with E-state index in [1.165, 1.54) is 12.1 Å². The van der Waals surface area contributed by atoms with Crippen LogP contribution in [0.1, 0.15) is 45.6 Å². The Hall–Kier alpha value is -2.31. The minimum absolute atomic E-state index is 0.0730. The van der Waals surface area contributed by atoms with Crippen molar-refractivity contribution in [2.24, 2.45) is 4.99 Å². The average Bonchev–Trinajstić information content (AvgIpc) is 3.37. The summed E-state index contributed by atoms with van der Waals surface area (Å²) in [5.41, 5.74) is 0.745. The van der Waals surface area contributed by atoms with Gasteiger partial charge in [0.15, 0.2) is 5.96 Å². The fourth-order valence-electron chi connectivity index (χ4n) is 2.80. The highest BCUT2D eigenvalue weighted by Gasteiger charge is 2.44. The molecule has 0 heterocycles. The third-order valence-corrected chi connectivity index (χ3v) is 4.44. The number of hydrogen-bond acceptors (Lipinski definition) is 3. The largest absolute Gasteiger partial charge is 0.444 e. The second-order valence-corrected chi connectivity index (χ2v) is 7.92. The van der Waals surface area contributed by atoms with Crippen LogP contribution in [0.15, 0.2) is 29.3 Å². The number of aliphatic imine (C=N–C) groups is 1. The molecule has 3 N–H and O–H groups in total.